The average Bonchev–Trinajstić information content (AvgIpc) is 1.97. The molecule has 3 nitrogen and oxygen atoms in total. The minimum absolute atomic E-state index is 0.0272. The lowest BCUT2D eigenvalue weighted by atomic mass is 10.2. The van der Waals surface area contributed by atoms with Crippen LogP contribution in [0.4, 0.5) is 5.69 Å². The van der Waals surface area contributed by atoms with Crippen LogP contribution in [-0.4, -0.2) is 5.11 Å². The molecule has 11 heavy (non-hydrogen) atoms. The van der Waals surface area contributed by atoms with E-state index in [1.807, 2.05) is 0 Å². The first-order valence-corrected chi connectivity index (χ1v) is 3.35. The van der Waals surface area contributed by atoms with Crippen LogP contribution in [0, 0.1) is 11.8 Å². The van der Waals surface area contributed by atoms with Gasteiger partial charge in [0.05, 0.1) is 0 Å². The molecule has 4 heteroatoms. The summed E-state index contributed by atoms with van der Waals surface area (Å²) in [4.78, 5) is 10.0. The summed E-state index contributed by atoms with van der Waals surface area (Å²) < 4.78 is 0. The van der Waals surface area contributed by atoms with Crippen LogP contribution in [-0.2, 0) is 0 Å². The molecule has 0 saturated carbocycles. The summed E-state index contributed by atoms with van der Waals surface area (Å²) in [6.45, 7) is 1.73. The Morgan fingerprint density at radius 3 is 2.73 bits per heavy atom. The quantitative estimate of drug-likeness (QED) is 0.661. The Balaban J connectivity index is 3.31. The van der Waals surface area contributed by atoms with Gasteiger partial charge in [-0.2, -0.15) is 0 Å². The average molecular weight is 172 g/mol. The van der Waals surface area contributed by atoms with Crippen molar-refractivity contribution in [2.45, 2.75) is 6.92 Å². The van der Waals surface area contributed by atoms with Crippen LogP contribution < -0.4 is 0 Å². The molecule has 0 fully saturated rings. The molecular weight excluding hydrogens is 166 g/mol. The highest BCUT2D eigenvalue weighted by Crippen LogP contribution is 2.31. The van der Waals surface area contributed by atoms with Gasteiger partial charge in [0.15, 0.2) is 5.69 Å². The summed E-state index contributed by atoms with van der Waals surface area (Å²) in [5, 5.41) is 12.1. The smallest absolute Gasteiger partial charge is 0.151 e. The highest BCUT2D eigenvalue weighted by molar-refractivity contribution is 6.31. The second-order valence-corrected chi connectivity index (χ2v) is 2.59. The Labute approximate surface area is 68.6 Å². The van der Waals surface area contributed by atoms with Crippen molar-refractivity contribution in [3.63, 3.8) is 0 Å². The normalized spacial score (nSPS) is 9.64. The van der Waals surface area contributed by atoms with Gasteiger partial charge < -0.3 is 5.11 Å². The summed E-state index contributed by atoms with van der Waals surface area (Å²) in [7, 11) is 0. The van der Waals surface area contributed by atoms with Crippen molar-refractivity contribution in [3.05, 3.63) is 27.6 Å². The van der Waals surface area contributed by atoms with Crippen LogP contribution in [0.15, 0.2) is 17.3 Å². The number of halogens is 1. The number of benzene rings is 1. The third kappa shape index (κ3) is 1.49. The van der Waals surface area contributed by atoms with Gasteiger partial charge in [-0.3, -0.25) is 0 Å². The first kappa shape index (κ1) is 8.01. The van der Waals surface area contributed by atoms with Crippen LogP contribution in [0.5, 0.6) is 5.75 Å². The molecule has 58 valence electrons. The Hall–Kier alpha value is -1.09. The lowest BCUT2D eigenvalue weighted by Crippen LogP contribution is -1.74. The molecule has 0 aliphatic heterocycles. The maximum Gasteiger partial charge on any atom is 0.151 e. The van der Waals surface area contributed by atoms with Gasteiger partial charge in [-0.05, 0) is 29.8 Å². The van der Waals surface area contributed by atoms with E-state index in [-0.39, 0.29) is 11.4 Å². The number of aromatic hydroxyl groups is 1. The second kappa shape index (κ2) is 2.88. The maximum absolute atomic E-state index is 10.0. The van der Waals surface area contributed by atoms with E-state index in [1.165, 1.54) is 12.1 Å². The predicted molar refractivity (Wildman–Crippen MR) is 43.3 cm³/mol. The molecule has 0 saturated heterocycles. The van der Waals surface area contributed by atoms with E-state index in [0.29, 0.717) is 5.02 Å². The van der Waals surface area contributed by atoms with Crippen molar-refractivity contribution in [1.29, 1.82) is 0 Å². The van der Waals surface area contributed by atoms with Crippen LogP contribution >= 0.6 is 11.6 Å². The van der Waals surface area contributed by atoms with Gasteiger partial charge >= 0.3 is 0 Å². The summed E-state index contributed by atoms with van der Waals surface area (Å²) >= 11 is 5.65. The number of nitrogens with zero attached hydrogens (tertiary/aromatic N) is 1. The fourth-order valence-electron chi connectivity index (χ4n) is 0.729. The number of phenolic OH excluding ortho intramolecular Hbond substituents is 1. The maximum atomic E-state index is 10.0. The summed E-state index contributed by atoms with van der Waals surface area (Å²) in [6, 6.07) is 2.73. The second-order valence-electron chi connectivity index (χ2n) is 2.18. The minimum atomic E-state index is -0.137. The van der Waals surface area contributed by atoms with Crippen molar-refractivity contribution in [3.8, 4) is 5.75 Å². The number of hydrogen-bond acceptors (Lipinski definition) is 3. The fraction of sp³-hybridized carbons (Fsp3) is 0.143. The molecule has 0 amide bonds. The molecule has 1 aromatic rings. The number of phenols is 1. The van der Waals surface area contributed by atoms with Crippen LogP contribution in [0.3, 0.4) is 0 Å². The predicted octanol–water partition coefficient (Wildman–Crippen LogP) is 2.75. The Morgan fingerprint density at radius 2 is 2.18 bits per heavy atom. The molecule has 1 N–H and O–H groups in total. The van der Waals surface area contributed by atoms with E-state index in [1.54, 1.807) is 6.92 Å². The number of nitroso groups, excluding NO2 is 1. The van der Waals surface area contributed by atoms with Crippen molar-refractivity contribution >= 4 is 17.3 Å². The van der Waals surface area contributed by atoms with E-state index in [0.717, 1.165) is 5.56 Å². The molecule has 1 aromatic carbocycles. The summed E-state index contributed by atoms with van der Waals surface area (Å²) in [5.74, 6) is -0.137. The SMILES string of the molecule is Cc1cc(O)c(N=O)cc1Cl. The van der Waals surface area contributed by atoms with Gasteiger partial charge in [0.1, 0.15) is 5.75 Å². The van der Waals surface area contributed by atoms with Crippen molar-refractivity contribution in [1.82, 2.24) is 0 Å². The first-order valence-electron chi connectivity index (χ1n) is 2.97. The monoisotopic (exact) mass is 171 g/mol. The van der Waals surface area contributed by atoms with Crippen molar-refractivity contribution in [2.75, 3.05) is 0 Å². The van der Waals surface area contributed by atoms with E-state index in [2.05, 4.69) is 5.18 Å². The van der Waals surface area contributed by atoms with Crippen molar-refractivity contribution in [2.24, 2.45) is 5.18 Å². The minimum Gasteiger partial charge on any atom is -0.506 e. The molecule has 0 aliphatic rings. The van der Waals surface area contributed by atoms with E-state index in [4.69, 9.17) is 16.7 Å². The zero-order valence-electron chi connectivity index (χ0n) is 5.84. The third-order valence-electron chi connectivity index (χ3n) is 1.35. The van der Waals surface area contributed by atoms with Gasteiger partial charge in [-0.15, -0.1) is 4.91 Å². The van der Waals surface area contributed by atoms with Gasteiger partial charge in [-0.25, -0.2) is 0 Å². The van der Waals surface area contributed by atoms with Crippen molar-refractivity contribution < 1.29 is 5.11 Å². The van der Waals surface area contributed by atoms with Crippen LogP contribution in [0.25, 0.3) is 0 Å². The standard InChI is InChI=1S/C7H6ClNO2/c1-4-2-7(10)6(9-11)3-5(4)8/h2-3,10H,1H3. The highest BCUT2D eigenvalue weighted by Gasteiger charge is 2.04. The fourth-order valence-corrected chi connectivity index (χ4v) is 0.887. The molecule has 0 spiro atoms. The summed E-state index contributed by atoms with van der Waals surface area (Å²) in [5.41, 5.74) is 0.692. The summed E-state index contributed by atoms with van der Waals surface area (Å²) in [6.07, 6.45) is 0. The molecule has 0 atom stereocenters. The molecule has 1 rings (SSSR count). The number of rotatable bonds is 1. The molecule has 0 radical (unpaired) electrons. The molecule has 0 unspecified atom stereocenters. The zero-order valence-corrected chi connectivity index (χ0v) is 6.59. The van der Waals surface area contributed by atoms with Gasteiger partial charge in [0, 0.05) is 5.02 Å². The zero-order chi connectivity index (χ0) is 8.43. The molecule has 0 aromatic heterocycles. The lowest BCUT2D eigenvalue weighted by Gasteiger charge is -1.99. The number of hydrogen-bond donors (Lipinski definition) is 1. The molecule has 0 aliphatic carbocycles. The van der Waals surface area contributed by atoms with Gasteiger partial charge in [0.25, 0.3) is 0 Å². The lowest BCUT2D eigenvalue weighted by molar-refractivity contribution is 0.476. The van der Waals surface area contributed by atoms with E-state index in [9.17, 15) is 4.91 Å². The largest absolute Gasteiger partial charge is 0.506 e. The Kier molecular flexibility index (Phi) is 2.10. The van der Waals surface area contributed by atoms with Gasteiger partial charge in [0.2, 0.25) is 0 Å². The van der Waals surface area contributed by atoms with Gasteiger partial charge in [-0.1, -0.05) is 11.6 Å². The topological polar surface area (TPSA) is 49.7 Å². The number of aryl methyl sites for hydroxylation is 1. The van der Waals surface area contributed by atoms with E-state index >= 15 is 0 Å². The highest BCUT2D eigenvalue weighted by atomic mass is 35.5. The molecule has 0 bridgehead atoms. The van der Waals surface area contributed by atoms with Crippen LogP contribution in [0.2, 0.25) is 5.02 Å². The van der Waals surface area contributed by atoms with E-state index < -0.39 is 0 Å². The Bertz CT molecular complexity index is 299. The van der Waals surface area contributed by atoms with Crippen LogP contribution in [0.1, 0.15) is 5.56 Å². The third-order valence-corrected chi connectivity index (χ3v) is 1.76. The molecular formula is C7H6ClNO2. The Morgan fingerprint density at radius 1 is 1.55 bits per heavy atom. The first-order chi connectivity index (χ1) is 5.15. The molecule has 0 heterocycles.